The minimum Gasteiger partial charge on any atom is -0.398 e. The fourth-order valence-electron chi connectivity index (χ4n) is 2.46. The Morgan fingerprint density at radius 2 is 1.67 bits per heavy atom. The zero-order chi connectivity index (χ0) is 15.0. The van der Waals surface area contributed by atoms with Gasteiger partial charge in [0.05, 0.1) is 0 Å². The van der Waals surface area contributed by atoms with Crippen LogP contribution in [0.4, 0.5) is 5.69 Å². The van der Waals surface area contributed by atoms with Crippen molar-refractivity contribution in [2.75, 3.05) is 5.73 Å². The third kappa shape index (κ3) is 2.74. The summed E-state index contributed by atoms with van der Waals surface area (Å²) in [5, 5.41) is 2.20. The van der Waals surface area contributed by atoms with E-state index in [4.69, 9.17) is 5.73 Å². The number of pyridine rings is 1. The maximum absolute atomic E-state index is 6.07. The molecular weight excluding hydrogens is 276 g/mol. The summed E-state index contributed by atoms with van der Waals surface area (Å²) >= 11 is 1.79. The molecule has 0 atom stereocenters. The molecular formula is C18H18N2S. The molecule has 0 saturated carbocycles. The summed E-state index contributed by atoms with van der Waals surface area (Å²) in [6.45, 7) is 6.28. The lowest BCUT2D eigenvalue weighted by atomic mass is 10.1. The van der Waals surface area contributed by atoms with E-state index in [1.54, 1.807) is 11.8 Å². The van der Waals surface area contributed by atoms with Crippen LogP contribution in [0.2, 0.25) is 0 Å². The molecule has 106 valence electrons. The first-order valence-electron chi connectivity index (χ1n) is 6.94. The largest absolute Gasteiger partial charge is 0.398 e. The van der Waals surface area contributed by atoms with E-state index in [0.717, 1.165) is 16.8 Å². The van der Waals surface area contributed by atoms with Crippen LogP contribution in [0.25, 0.3) is 10.8 Å². The van der Waals surface area contributed by atoms with Crippen LogP contribution in [0.3, 0.4) is 0 Å². The summed E-state index contributed by atoms with van der Waals surface area (Å²) in [6, 6.07) is 12.7. The van der Waals surface area contributed by atoms with E-state index >= 15 is 0 Å². The van der Waals surface area contributed by atoms with Crippen molar-refractivity contribution in [2.45, 2.75) is 30.6 Å². The average molecular weight is 294 g/mol. The van der Waals surface area contributed by atoms with Gasteiger partial charge in [0, 0.05) is 38.1 Å². The number of benzene rings is 2. The Bertz CT molecular complexity index is 825. The Morgan fingerprint density at radius 3 is 2.43 bits per heavy atom. The molecule has 3 heteroatoms. The second-order valence-electron chi connectivity index (χ2n) is 5.40. The van der Waals surface area contributed by atoms with E-state index in [2.05, 4.69) is 49.2 Å². The van der Waals surface area contributed by atoms with Crippen LogP contribution in [-0.2, 0) is 0 Å². The smallest absolute Gasteiger partial charge is 0.0410 e. The molecule has 2 N–H and O–H groups in total. The van der Waals surface area contributed by atoms with Gasteiger partial charge in [-0.2, -0.15) is 0 Å². The number of nitrogens with two attached hydrogens (primary N) is 1. The van der Waals surface area contributed by atoms with E-state index in [1.807, 2.05) is 19.2 Å². The number of rotatable bonds is 2. The molecule has 21 heavy (non-hydrogen) atoms. The highest BCUT2D eigenvalue weighted by atomic mass is 32.2. The minimum absolute atomic E-state index is 0.780. The first-order valence-corrected chi connectivity index (χ1v) is 7.76. The molecule has 2 nitrogen and oxygen atoms in total. The quantitative estimate of drug-likeness (QED) is 0.684. The number of fused-ring (bicyclic) bond motifs is 1. The number of nitrogen functional groups attached to an aromatic ring is 1. The van der Waals surface area contributed by atoms with Crippen molar-refractivity contribution in [3.63, 3.8) is 0 Å². The normalized spacial score (nSPS) is 11.0. The maximum Gasteiger partial charge on any atom is 0.0410 e. The molecule has 0 radical (unpaired) electrons. The summed E-state index contributed by atoms with van der Waals surface area (Å²) in [5.74, 6) is 0. The van der Waals surface area contributed by atoms with Gasteiger partial charge < -0.3 is 5.73 Å². The Hall–Kier alpha value is -2.00. The predicted octanol–water partition coefficient (Wildman–Crippen LogP) is 4.89. The van der Waals surface area contributed by atoms with E-state index in [1.165, 1.54) is 26.3 Å². The van der Waals surface area contributed by atoms with Crippen molar-refractivity contribution in [1.29, 1.82) is 0 Å². The van der Waals surface area contributed by atoms with Crippen molar-refractivity contribution >= 4 is 28.2 Å². The summed E-state index contributed by atoms with van der Waals surface area (Å²) < 4.78 is 0. The van der Waals surface area contributed by atoms with Crippen LogP contribution in [0.5, 0.6) is 0 Å². The predicted molar refractivity (Wildman–Crippen MR) is 90.9 cm³/mol. The van der Waals surface area contributed by atoms with E-state index in [9.17, 15) is 0 Å². The second kappa shape index (κ2) is 5.41. The van der Waals surface area contributed by atoms with Gasteiger partial charge >= 0.3 is 0 Å². The summed E-state index contributed by atoms with van der Waals surface area (Å²) in [7, 11) is 0. The van der Waals surface area contributed by atoms with E-state index < -0.39 is 0 Å². The molecule has 0 unspecified atom stereocenters. The van der Waals surface area contributed by atoms with Gasteiger partial charge in [-0.1, -0.05) is 29.5 Å². The van der Waals surface area contributed by atoms with Gasteiger partial charge in [-0.25, -0.2) is 0 Å². The standard InChI is InChI=1S/C18H18N2S/c1-11-4-6-17(12(2)8-11)21-18-7-5-16(19)15-10-20-13(3)9-14(15)18/h4-10H,19H2,1-3H3. The summed E-state index contributed by atoms with van der Waals surface area (Å²) in [6.07, 6.45) is 1.87. The van der Waals surface area contributed by atoms with Crippen LogP contribution < -0.4 is 5.73 Å². The van der Waals surface area contributed by atoms with Crippen molar-refractivity contribution in [3.8, 4) is 0 Å². The van der Waals surface area contributed by atoms with Crippen molar-refractivity contribution < 1.29 is 0 Å². The monoisotopic (exact) mass is 294 g/mol. The summed E-state index contributed by atoms with van der Waals surface area (Å²) in [5.41, 5.74) is 10.5. The number of hydrogen-bond acceptors (Lipinski definition) is 3. The highest BCUT2D eigenvalue weighted by Gasteiger charge is 2.08. The Balaban J connectivity index is 2.12. The molecule has 0 fully saturated rings. The molecule has 0 amide bonds. The molecule has 1 aromatic heterocycles. The molecule has 2 aromatic carbocycles. The van der Waals surface area contributed by atoms with Crippen LogP contribution >= 0.6 is 11.8 Å². The van der Waals surface area contributed by atoms with Crippen molar-refractivity contribution in [1.82, 2.24) is 4.98 Å². The molecule has 0 bridgehead atoms. The lowest BCUT2D eigenvalue weighted by Gasteiger charge is -2.11. The van der Waals surface area contributed by atoms with Gasteiger partial charge in [0.15, 0.2) is 0 Å². The third-order valence-corrected chi connectivity index (χ3v) is 4.84. The number of nitrogens with zero attached hydrogens (tertiary/aromatic N) is 1. The molecule has 3 aromatic rings. The van der Waals surface area contributed by atoms with Gasteiger partial charge in [-0.05, 0) is 50.6 Å². The number of aryl methyl sites for hydroxylation is 3. The lowest BCUT2D eigenvalue weighted by molar-refractivity contribution is 1.22. The Morgan fingerprint density at radius 1 is 0.905 bits per heavy atom. The fraction of sp³-hybridized carbons (Fsp3) is 0.167. The van der Waals surface area contributed by atoms with Gasteiger partial charge in [0.2, 0.25) is 0 Å². The molecule has 3 rings (SSSR count). The third-order valence-electron chi connectivity index (χ3n) is 3.58. The van der Waals surface area contributed by atoms with Gasteiger partial charge in [-0.3, -0.25) is 4.98 Å². The SMILES string of the molecule is Cc1ccc(Sc2ccc(N)c3cnc(C)cc23)c(C)c1. The van der Waals surface area contributed by atoms with Crippen LogP contribution in [-0.4, -0.2) is 4.98 Å². The molecule has 0 aliphatic carbocycles. The van der Waals surface area contributed by atoms with Crippen LogP contribution in [0.15, 0.2) is 52.4 Å². The maximum atomic E-state index is 6.07. The fourth-order valence-corrected chi connectivity index (χ4v) is 3.47. The zero-order valence-corrected chi connectivity index (χ0v) is 13.3. The van der Waals surface area contributed by atoms with E-state index in [0.29, 0.717) is 0 Å². The Kier molecular flexibility index (Phi) is 3.60. The van der Waals surface area contributed by atoms with Gasteiger partial charge in [0.1, 0.15) is 0 Å². The zero-order valence-electron chi connectivity index (χ0n) is 12.5. The average Bonchev–Trinajstić information content (AvgIpc) is 2.44. The molecule has 0 aliphatic rings. The van der Waals surface area contributed by atoms with Crippen molar-refractivity contribution in [2.24, 2.45) is 0 Å². The topological polar surface area (TPSA) is 38.9 Å². The molecule has 0 spiro atoms. The van der Waals surface area contributed by atoms with Crippen LogP contribution in [0, 0.1) is 20.8 Å². The number of hydrogen-bond donors (Lipinski definition) is 1. The number of anilines is 1. The highest BCUT2D eigenvalue weighted by Crippen LogP contribution is 2.37. The highest BCUT2D eigenvalue weighted by molar-refractivity contribution is 7.99. The van der Waals surface area contributed by atoms with E-state index in [-0.39, 0.29) is 0 Å². The molecule has 0 saturated heterocycles. The van der Waals surface area contributed by atoms with Crippen LogP contribution in [0.1, 0.15) is 16.8 Å². The van der Waals surface area contributed by atoms with Gasteiger partial charge in [0.25, 0.3) is 0 Å². The molecule has 1 heterocycles. The minimum atomic E-state index is 0.780. The second-order valence-corrected chi connectivity index (χ2v) is 6.48. The van der Waals surface area contributed by atoms with Crippen molar-refractivity contribution in [3.05, 3.63) is 59.4 Å². The number of aromatic nitrogens is 1. The first-order chi connectivity index (χ1) is 10.0. The first kappa shape index (κ1) is 14.0. The molecule has 0 aliphatic heterocycles. The summed E-state index contributed by atoms with van der Waals surface area (Å²) in [4.78, 5) is 6.85. The van der Waals surface area contributed by atoms with Gasteiger partial charge in [-0.15, -0.1) is 0 Å². The Labute approximate surface area is 129 Å². The lowest BCUT2D eigenvalue weighted by Crippen LogP contribution is -1.91.